The van der Waals surface area contributed by atoms with Crippen LogP contribution < -0.4 is 4.74 Å². The van der Waals surface area contributed by atoms with Crippen LogP contribution >= 0.6 is 0 Å². The Labute approximate surface area is 136 Å². The summed E-state index contributed by atoms with van der Waals surface area (Å²) in [6.45, 7) is 4.31. The fraction of sp³-hybridized carbons (Fsp3) is 0.450. The Morgan fingerprint density at radius 2 is 2.13 bits per heavy atom. The first-order valence-corrected chi connectivity index (χ1v) is 8.38. The molecule has 2 atom stereocenters. The van der Waals surface area contributed by atoms with E-state index in [0.717, 1.165) is 30.6 Å². The van der Waals surface area contributed by atoms with Gasteiger partial charge in [0.2, 0.25) is 0 Å². The number of hydrogen-bond donors (Lipinski definition) is 1. The Hall–Kier alpha value is -2.03. The molecule has 1 aromatic carbocycles. The molecule has 0 saturated heterocycles. The van der Waals surface area contributed by atoms with E-state index in [1.165, 1.54) is 16.7 Å². The van der Waals surface area contributed by atoms with Gasteiger partial charge in [0.15, 0.2) is 0 Å². The highest BCUT2D eigenvalue weighted by Crippen LogP contribution is 2.53. The van der Waals surface area contributed by atoms with Crippen molar-refractivity contribution < 1.29 is 14.6 Å². The molecule has 120 valence electrons. The molecule has 3 aliphatic rings. The number of benzene rings is 1. The number of carbonyl (C=O) groups is 1. The lowest BCUT2D eigenvalue weighted by atomic mass is 9.67. The van der Waals surface area contributed by atoms with E-state index in [4.69, 9.17) is 4.74 Å². The van der Waals surface area contributed by atoms with Gasteiger partial charge in [-0.25, -0.2) is 0 Å². The van der Waals surface area contributed by atoms with E-state index in [9.17, 15) is 9.90 Å². The van der Waals surface area contributed by atoms with E-state index in [1.807, 2.05) is 6.07 Å². The molecular formula is C20H22O3. The van der Waals surface area contributed by atoms with Crippen molar-refractivity contribution in [3.05, 3.63) is 46.6 Å². The third-order valence-electron chi connectivity index (χ3n) is 5.45. The van der Waals surface area contributed by atoms with Crippen LogP contribution in [0.1, 0.15) is 57.4 Å². The van der Waals surface area contributed by atoms with Crippen LogP contribution in [0.2, 0.25) is 0 Å². The summed E-state index contributed by atoms with van der Waals surface area (Å²) < 4.78 is 6.41. The number of Topliss-reactive ketones (excluding diaryl/α,β-unsaturated/α-hetero) is 1. The van der Waals surface area contributed by atoms with Gasteiger partial charge in [-0.15, -0.1) is 0 Å². The van der Waals surface area contributed by atoms with Gasteiger partial charge < -0.3 is 9.84 Å². The monoisotopic (exact) mass is 310 g/mol. The number of phenolic OH excluding ortho intramolecular Hbond substituents is 1. The maximum atomic E-state index is 12.4. The van der Waals surface area contributed by atoms with E-state index in [-0.39, 0.29) is 17.3 Å². The second-order valence-electron chi connectivity index (χ2n) is 7.31. The molecule has 0 saturated carbocycles. The van der Waals surface area contributed by atoms with Crippen molar-refractivity contribution in [2.24, 2.45) is 0 Å². The van der Waals surface area contributed by atoms with E-state index in [2.05, 4.69) is 19.9 Å². The first kappa shape index (κ1) is 14.6. The van der Waals surface area contributed by atoms with E-state index in [0.29, 0.717) is 18.6 Å². The van der Waals surface area contributed by atoms with E-state index < -0.39 is 0 Å². The second kappa shape index (κ2) is 4.98. The van der Waals surface area contributed by atoms with Crippen molar-refractivity contribution in [2.45, 2.75) is 57.5 Å². The minimum atomic E-state index is -0.345. The number of allylic oxidation sites excluding steroid dienone is 3. The number of carbonyl (C=O) groups excluding carboxylic acids is 1. The van der Waals surface area contributed by atoms with Gasteiger partial charge in [-0.2, -0.15) is 0 Å². The molecule has 0 radical (unpaired) electrons. The van der Waals surface area contributed by atoms with Crippen LogP contribution in [0.15, 0.2) is 41.0 Å². The highest BCUT2D eigenvalue weighted by atomic mass is 16.5. The molecule has 23 heavy (non-hydrogen) atoms. The molecule has 1 aromatic rings. The quantitative estimate of drug-likeness (QED) is 0.722. The van der Waals surface area contributed by atoms with Gasteiger partial charge in [0, 0.05) is 24.3 Å². The molecule has 1 N–H and O–H groups in total. The van der Waals surface area contributed by atoms with Gasteiger partial charge in [-0.1, -0.05) is 17.2 Å². The van der Waals surface area contributed by atoms with Crippen molar-refractivity contribution in [3.8, 4) is 11.5 Å². The summed E-state index contributed by atoms with van der Waals surface area (Å²) in [6.07, 6.45) is 6.13. The Bertz CT molecular complexity index is 756. The Balaban J connectivity index is 1.95. The number of hydrogen-bond acceptors (Lipinski definition) is 3. The first-order valence-electron chi connectivity index (χ1n) is 8.38. The lowest BCUT2D eigenvalue weighted by molar-refractivity contribution is -0.119. The molecule has 3 heteroatoms. The molecule has 1 unspecified atom stereocenters. The zero-order valence-electron chi connectivity index (χ0n) is 13.7. The zero-order chi connectivity index (χ0) is 16.2. The van der Waals surface area contributed by atoms with E-state index in [1.54, 1.807) is 12.1 Å². The van der Waals surface area contributed by atoms with Gasteiger partial charge in [-0.05, 0) is 56.9 Å². The standard InChI is InChI=1S/C20H22O3/c1-12-4-3-7-20(2)19-13(8-12)9-15(22)11-17(19)16-10-14(21)5-6-18(16)23-20/h4-6,10,17,21H,3,7-9,11H2,1-2H3/b12-4-/t17?,20-/m1/s1. The maximum Gasteiger partial charge on any atom is 0.137 e. The number of aromatic hydroxyl groups is 1. The summed E-state index contributed by atoms with van der Waals surface area (Å²) in [5, 5.41) is 9.89. The van der Waals surface area contributed by atoms with Crippen molar-refractivity contribution in [3.63, 3.8) is 0 Å². The molecule has 4 rings (SSSR count). The minimum absolute atomic E-state index is 0.0537. The normalized spacial score (nSPS) is 32.0. The highest BCUT2D eigenvalue weighted by Gasteiger charge is 2.46. The van der Waals surface area contributed by atoms with E-state index >= 15 is 0 Å². The van der Waals surface area contributed by atoms with Crippen LogP contribution in [0.25, 0.3) is 0 Å². The van der Waals surface area contributed by atoms with Crippen LogP contribution in [-0.4, -0.2) is 16.5 Å². The fourth-order valence-corrected chi connectivity index (χ4v) is 4.53. The van der Waals surface area contributed by atoms with Crippen LogP contribution in [0.5, 0.6) is 11.5 Å². The molecule has 0 fully saturated rings. The average molecular weight is 310 g/mol. The molecule has 0 spiro atoms. The molecule has 0 aromatic heterocycles. The van der Waals surface area contributed by atoms with Crippen molar-refractivity contribution in [2.75, 3.05) is 0 Å². The van der Waals surface area contributed by atoms with Gasteiger partial charge in [0.25, 0.3) is 0 Å². The van der Waals surface area contributed by atoms with Crippen LogP contribution in [0, 0.1) is 0 Å². The molecule has 0 amide bonds. The first-order chi connectivity index (χ1) is 11.0. The zero-order valence-corrected chi connectivity index (χ0v) is 13.7. The highest BCUT2D eigenvalue weighted by molar-refractivity contribution is 5.85. The third-order valence-corrected chi connectivity index (χ3v) is 5.45. The lowest BCUT2D eigenvalue weighted by Crippen LogP contribution is -2.44. The molecular weight excluding hydrogens is 288 g/mol. The number of phenols is 1. The summed E-state index contributed by atoms with van der Waals surface area (Å²) in [7, 11) is 0. The maximum absolute atomic E-state index is 12.4. The molecule has 3 nitrogen and oxygen atoms in total. The van der Waals surface area contributed by atoms with Gasteiger partial charge in [0.1, 0.15) is 22.9 Å². The molecule has 2 aliphatic carbocycles. The number of rotatable bonds is 0. The predicted octanol–water partition coefficient (Wildman–Crippen LogP) is 4.42. The Morgan fingerprint density at radius 1 is 1.30 bits per heavy atom. The summed E-state index contributed by atoms with van der Waals surface area (Å²) >= 11 is 0. The topological polar surface area (TPSA) is 46.5 Å². The number of fused-ring (bicyclic) bond motifs is 2. The SMILES string of the molecule is C/C1=C/CC[C@@]2(C)Oc3ccc(O)cc3C3CC(=O)CC(=C32)C1. The molecule has 1 heterocycles. The molecule has 0 bridgehead atoms. The third kappa shape index (κ3) is 2.30. The number of ether oxygens (including phenoxy) is 1. The summed E-state index contributed by atoms with van der Waals surface area (Å²) in [5.74, 6) is 1.39. The van der Waals surface area contributed by atoms with Crippen molar-refractivity contribution in [1.29, 1.82) is 0 Å². The summed E-state index contributed by atoms with van der Waals surface area (Å²) in [5.41, 5.74) is 4.48. The Morgan fingerprint density at radius 3 is 2.96 bits per heavy atom. The van der Waals surface area contributed by atoms with Crippen molar-refractivity contribution in [1.82, 2.24) is 0 Å². The van der Waals surface area contributed by atoms with Crippen LogP contribution in [0.4, 0.5) is 0 Å². The van der Waals surface area contributed by atoms with Crippen molar-refractivity contribution >= 4 is 5.78 Å². The molecule has 1 aliphatic heterocycles. The smallest absolute Gasteiger partial charge is 0.137 e. The van der Waals surface area contributed by atoms with Gasteiger partial charge >= 0.3 is 0 Å². The van der Waals surface area contributed by atoms with Gasteiger partial charge in [0.05, 0.1) is 0 Å². The van der Waals surface area contributed by atoms with Crippen LogP contribution in [0.3, 0.4) is 0 Å². The summed E-state index contributed by atoms with van der Waals surface area (Å²) in [4.78, 5) is 12.4. The van der Waals surface area contributed by atoms with Gasteiger partial charge in [-0.3, -0.25) is 4.79 Å². The predicted molar refractivity (Wildman–Crippen MR) is 88.8 cm³/mol. The summed E-state index contributed by atoms with van der Waals surface area (Å²) in [6, 6.07) is 5.27. The average Bonchev–Trinajstić information content (AvgIpc) is 2.46. The largest absolute Gasteiger partial charge is 0.508 e. The number of ketones is 1. The fourth-order valence-electron chi connectivity index (χ4n) is 4.53. The minimum Gasteiger partial charge on any atom is -0.508 e. The van der Waals surface area contributed by atoms with Crippen LogP contribution in [-0.2, 0) is 4.79 Å². The second-order valence-corrected chi connectivity index (χ2v) is 7.31. The Kier molecular flexibility index (Phi) is 3.15. The lowest BCUT2D eigenvalue weighted by Gasteiger charge is -2.46.